The second-order valence-electron chi connectivity index (χ2n) is 2.44. The van der Waals surface area contributed by atoms with Gasteiger partial charge in [0.05, 0.1) is 6.42 Å². The molecule has 0 aromatic heterocycles. The highest BCUT2D eigenvalue weighted by Gasteiger charge is 2.36. The number of likely N-dealkylation sites (tertiary alicyclic amines) is 1. The molecule has 0 saturated carbocycles. The van der Waals surface area contributed by atoms with Gasteiger partial charge in [0.1, 0.15) is 6.10 Å². The van der Waals surface area contributed by atoms with Crippen molar-refractivity contribution in [2.24, 2.45) is 0 Å². The summed E-state index contributed by atoms with van der Waals surface area (Å²) in [5.74, 6) is -0.384. The Balaban J connectivity index is 2.60. The van der Waals surface area contributed by atoms with Crippen molar-refractivity contribution in [2.45, 2.75) is 19.4 Å². The summed E-state index contributed by atoms with van der Waals surface area (Å²) in [6.07, 6.45) is -0.333. The summed E-state index contributed by atoms with van der Waals surface area (Å²) < 4.78 is 5.04. The van der Waals surface area contributed by atoms with Gasteiger partial charge in [0.15, 0.2) is 0 Å². The zero-order valence-electron chi connectivity index (χ0n) is 6.66. The van der Waals surface area contributed by atoms with Gasteiger partial charge >= 0.3 is 0 Å². The lowest BCUT2D eigenvalue weighted by Gasteiger charge is -2.07. The molecule has 0 aliphatic carbocycles. The molecule has 1 unspecified atom stereocenters. The fraction of sp³-hybridized carbons (Fsp3) is 0.714. The molecule has 4 heteroatoms. The minimum Gasteiger partial charge on any atom is -0.368 e. The van der Waals surface area contributed by atoms with E-state index in [1.807, 2.05) is 0 Å². The molecule has 4 nitrogen and oxygen atoms in total. The third kappa shape index (κ3) is 1.40. The molecule has 2 amide bonds. The van der Waals surface area contributed by atoms with E-state index in [4.69, 9.17) is 4.74 Å². The number of carbonyl (C=O) groups is 2. The van der Waals surface area contributed by atoms with Crippen molar-refractivity contribution in [3.05, 3.63) is 0 Å². The van der Waals surface area contributed by atoms with Gasteiger partial charge in [-0.15, -0.1) is 0 Å². The number of rotatable bonds is 2. The summed E-state index contributed by atoms with van der Waals surface area (Å²) in [6.45, 7) is 2.27. The van der Waals surface area contributed by atoms with Gasteiger partial charge in [0, 0.05) is 13.7 Å². The van der Waals surface area contributed by atoms with E-state index in [0.717, 1.165) is 4.90 Å². The second-order valence-corrected chi connectivity index (χ2v) is 2.44. The normalized spacial score (nSPS) is 24.9. The van der Waals surface area contributed by atoms with Crippen LogP contribution in [-0.4, -0.2) is 36.5 Å². The Morgan fingerprint density at radius 2 is 2.27 bits per heavy atom. The molecule has 0 N–H and O–H groups in total. The van der Waals surface area contributed by atoms with Crippen LogP contribution in [0.3, 0.4) is 0 Å². The van der Waals surface area contributed by atoms with E-state index < -0.39 is 6.10 Å². The summed E-state index contributed by atoms with van der Waals surface area (Å²) in [6, 6.07) is 0. The molecule has 0 spiro atoms. The third-order valence-electron chi connectivity index (χ3n) is 1.71. The van der Waals surface area contributed by atoms with Crippen LogP contribution in [0, 0.1) is 0 Å². The average Bonchev–Trinajstić information content (AvgIpc) is 2.19. The van der Waals surface area contributed by atoms with E-state index in [2.05, 4.69) is 0 Å². The zero-order chi connectivity index (χ0) is 8.43. The number of carbonyl (C=O) groups excluding carboxylic acids is 2. The highest BCUT2D eigenvalue weighted by atomic mass is 16.5. The van der Waals surface area contributed by atoms with E-state index in [0.29, 0.717) is 6.61 Å². The quantitative estimate of drug-likeness (QED) is 0.520. The molecule has 0 aromatic carbocycles. The highest BCUT2D eigenvalue weighted by molar-refractivity contribution is 6.04. The van der Waals surface area contributed by atoms with Crippen LogP contribution in [0.25, 0.3) is 0 Å². The summed E-state index contributed by atoms with van der Waals surface area (Å²) in [5.41, 5.74) is 0. The molecule has 1 heterocycles. The summed E-state index contributed by atoms with van der Waals surface area (Å²) in [7, 11) is 1.48. The van der Waals surface area contributed by atoms with Crippen LogP contribution in [0.5, 0.6) is 0 Å². The van der Waals surface area contributed by atoms with E-state index in [1.165, 1.54) is 7.05 Å². The molecule has 0 radical (unpaired) electrons. The number of likely N-dealkylation sites (N-methyl/N-ethyl adjacent to an activating group) is 1. The lowest BCUT2D eigenvalue weighted by molar-refractivity contribution is -0.140. The Morgan fingerprint density at radius 1 is 1.64 bits per heavy atom. The Labute approximate surface area is 65.1 Å². The van der Waals surface area contributed by atoms with Gasteiger partial charge in [-0.1, -0.05) is 0 Å². The molecule has 0 bridgehead atoms. The Bertz CT molecular complexity index is 190. The first kappa shape index (κ1) is 8.20. The number of hydrogen-bond acceptors (Lipinski definition) is 3. The first-order valence-corrected chi connectivity index (χ1v) is 3.58. The van der Waals surface area contributed by atoms with Crippen LogP contribution < -0.4 is 0 Å². The second kappa shape index (κ2) is 3.00. The van der Waals surface area contributed by atoms with Crippen LogP contribution in [0.2, 0.25) is 0 Å². The van der Waals surface area contributed by atoms with Crippen molar-refractivity contribution in [2.75, 3.05) is 13.7 Å². The SMILES string of the molecule is CCOC1CC(=O)N(C)C1=O. The molecule has 1 fully saturated rings. The van der Waals surface area contributed by atoms with Gasteiger partial charge in [0.2, 0.25) is 5.91 Å². The zero-order valence-corrected chi connectivity index (χ0v) is 6.66. The minimum atomic E-state index is -0.530. The lowest BCUT2D eigenvalue weighted by Crippen LogP contribution is -2.28. The maximum Gasteiger partial charge on any atom is 0.258 e. The van der Waals surface area contributed by atoms with Gasteiger partial charge in [-0.25, -0.2) is 0 Å². The number of imide groups is 1. The first-order chi connectivity index (χ1) is 5.16. The summed E-state index contributed by atoms with van der Waals surface area (Å²) in [5, 5.41) is 0. The fourth-order valence-electron chi connectivity index (χ4n) is 1.05. The van der Waals surface area contributed by atoms with E-state index in [1.54, 1.807) is 6.92 Å². The van der Waals surface area contributed by atoms with Crippen molar-refractivity contribution >= 4 is 11.8 Å². The predicted octanol–water partition coefficient (Wildman–Crippen LogP) is -0.220. The van der Waals surface area contributed by atoms with Crippen LogP contribution in [0.15, 0.2) is 0 Å². The van der Waals surface area contributed by atoms with Crippen LogP contribution in [0.1, 0.15) is 13.3 Å². The average molecular weight is 157 g/mol. The van der Waals surface area contributed by atoms with Gasteiger partial charge in [-0.3, -0.25) is 14.5 Å². The Morgan fingerprint density at radius 3 is 2.64 bits per heavy atom. The third-order valence-corrected chi connectivity index (χ3v) is 1.71. The van der Waals surface area contributed by atoms with Gasteiger partial charge in [0.25, 0.3) is 5.91 Å². The Hall–Kier alpha value is -0.900. The maximum atomic E-state index is 11.1. The molecule has 1 rings (SSSR count). The van der Waals surface area contributed by atoms with Crippen molar-refractivity contribution in [1.29, 1.82) is 0 Å². The van der Waals surface area contributed by atoms with Gasteiger partial charge < -0.3 is 4.74 Å². The molecule has 0 aromatic rings. The monoisotopic (exact) mass is 157 g/mol. The number of ether oxygens (including phenoxy) is 1. The highest BCUT2D eigenvalue weighted by Crippen LogP contribution is 2.13. The lowest BCUT2D eigenvalue weighted by atomic mass is 10.3. The number of amides is 2. The topological polar surface area (TPSA) is 46.6 Å². The summed E-state index contributed by atoms with van der Waals surface area (Å²) >= 11 is 0. The number of nitrogens with zero attached hydrogens (tertiary/aromatic N) is 1. The van der Waals surface area contributed by atoms with Crippen molar-refractivity contribution < 1.29 is 14.3 Å². The molecule has 1 saturated heterocycles. The van der Waals surface area contributed by atoms with Crippen molar-refractivity contribution in [3.8, 4) is 0 Å². The van der Waals surface area contributed by atoms with Crippen molar-refractivity contribution in [1.82, 2.24) is 4.90 Å². The van der Waals surface area contributed by atoms with E-state index >= 15 is 0 Å². The largest absolute Gasteiger partial charge is 0.368 e. The molecular formula is C7H11NO3. The standard InChI is InChI=1S/C7H11NO3/c1-3-11-5-4-6(9)8(2)7(5)10/h5H,3-4H2,1-2H3. The molecular weight excluding hydrogens is 146 g/mol. The van der Waals surface area contributed by atoms with Gasteiger partial charge in [-0.2, -0.15) is 0 Å². The molecule has 11 heavy (non-hydrogen) atoms. The van der Waals surface area contributed by atoms with E-state index in [-0.39, 0.29) is 18.2 Å². The van der Waals surface area contributed by atoms with Crippen LogP contribution in [0.4, 0.5) is 0 Å². The van der Waals surface area contributed by atoms with E-state index in [9.17, 15) is 9.59 Å². The maximum absolute atomic E-state index is 11.1. The van der Waals surface area contributed by atoms with Crippen molar-refractivity contribution in [3.63, 3.8) is 0 Å². The van der Waals surface area contributed by atoms with Crippen LogP contribution >= 0.6 is 0 Å². The number of hydrogen-bond donors (Lipinski definition) is 0. The smallest absolute Gasteiger partial charge is 0.258 e. The van der Waals surface area contributed by atoms with Gasteiger partial charge in [-0.05, 0) is 6.92 Å². The molecule has 1 atom stereocenters. The molecule has 62 valence electrons. The Kier molecular flexibility index (Phi) is 2.24. The molecule has 1 aliphatic rings. The summed E-state index contributed by atoms with van der Waals surface area (Å²) in [4.78, 5) is 23.1. The first-order valence-electron chi connectivity index (χ1n) is 3.58. The predicted molar refractivity (Wildman–Crippen MR) is 37.8 cm³/mol. The molecule has 1 aliphatic heterocycles. The van der Waals surface area contributed by atoms with Crippen LogP contribution in [-0.2, 0) is 14.3 Å². The fourth-order valence-corrected chi connectivity index (χ4v) is 1.05. The minimum absolute atomic E-state index is 0.159.